The number of sulfonamides is 1. The lowest BCUT2D eigenvalue weighted by Crippen LogP contribution is -3.14. The number of thiophene rings is 1. The highest BCUT2D eigenvalue weighted by Gasteiger charge is 2.31. The molecule has 2 unspecified atom stereocenters. The average molecular weight is 506 g/mol. The number of hydrogen-bond acceptors (Lipinski definition) is 5. The van der Waals surface area contributed by atoms with E-state index in [0.29, 0.717) is 41.2 Å². The number of carbonyl (C=O) groups is 2. The Balaban J connectivity index is 1.53. The molecule has 2 atom stereocenters. The zero-order valence-corrected chi connectivity index (χ0v) is 21.5. The number of amides is 2. The molecule has 1 aromatic heterocycles. The number of piperidine rings is 1. The molecule has 34 heavy (non-hydrogen) atoms. The van der Waals surface area contributed by atoms with E-state index in [1.807, 2.05) is 0 Å². The minimum Gasteiger partial charge on any atom is -0.365 e. The van der Waals surface area contributed by atoms with E-state index in [1.54, 1.807) is 0 Å². The highest BCUT2D eigenvalue weighted by molar-refractivity contribution is 7.89. The van der Waals surface area contributed by atoms with E-state index in [2.05, 4.69) is 26.1 Å². The summed E-state index contributed by atoms with van der Waals surface area (Å²) in [6.45, 7) is 9.14. The van der Waals surface area contributed by atoms with Crippen LogP contribution < -0.4 is 16.0 Å². The van der Waals surface area contributed by atoms with Crippen LogP contribution in [-0.2, 0) is 23.0 Å². The fraction of sp³-hybridized carbons (Fsp3) is 0.500. The molecule has 4 rings (SSSR count). The summed E-state index contributed by atoms with van der Waals surface area (Å²) >= 11 is 1.40. The van der Waals surface area contributed by atoms with Crippen LogP contribution >= 0.6 is 11.3 Å². The van der Waals surface area contributed by atoms with Crippen molar-refractivity contribution in [1.29, 1.82) is 0 Å². The van der Waals surface area contributed by atoms with Crippen molar-refractivity contribution in [3.8, 4) is 0 Å². The first-order chi connectivity index (χ1) is 16.1. The molecule has 2 aliphatic rings. The second kappa shape index (κ2) is 9.77. The molecular weight excluding hydrogens is 472 g/mol. The summed E-state index contributed by atoms with van der Waals surface area (Å²) in [7, 11) is -3.59. The van der Waals surface area contributed by atoms with Crippen LogP contribution in [0.2, 0.25) is 0 Å². The highest BCUT2D eigenvalue weighted by Crippen LogP contribution is 2.35. The zero-order chi connectivity index (χ0) is 24.6. The molecule has 1 fully saturated rings. The molecule has 10 heteroatoms. The second-order valence-electron chi connectivity index (χ2n) is 9.65. The third kappa shape index (κ3) is 4.91. The quantitative estimate of drug-likeness (QED) is 0.556. The van der Waals surface area contributed by atoms with E-state index >= 15 is 0 Å². The van der Waals surface area contributed by atoms with Crippen molar-refractivity contribution in [2.45, 2.75) is 57.5 Å². The number of hydrogen-bond donors (Lipinski definition) is 3. The Hall–Kier alpha value is -2.27. The molecule has 4 N–H and O–H groups in total. The van der Waals surface area contributed by atoms with Gasteiger partial charge in [0.2, 0.25) is 10.0 Å². The molecule has 8 nitrogen and oxygen atoms in total. The highest BCUT2D eigenvalue weighted by atomic mass is 32.2. The second-order valence-corrected chi connectivity index (χ2v) is 12.7. The number of carbonyl (C=O) groups excluding carboxylic acids is 2. The van der Waals surface area contributed by atoms with Crippen molar-refractivity contribution in [2.75, 3.05) is 25.0 Å². The molecule has 0 bridgehead atoms. The summed E-state index contributed by atoms with van der Waals surface area (Å²) in [6, 6.07) is 6.44. The Labute approximate surface area is 205 Å². The van der Waals surface area contributed by atoms with Gasteiger partial charge >= 0.3 is 0 Å². The predicted molar refractivity (Wildman–Crippen MR) is 133 cm³/mol. The van der Waals surface area contributed by atoms with Crippen LogP contribution in [0.4, 0.5) is 5.00 Å². The van der Waals surface area contributed by atoms with Gasteiger partial charge in [-0.3, -0.25) is 9.59 Å². The van der Waals surface area contributed by atoms with E-state index in [4.69, 9.17) is 5.73 Å². The topological polar surface area (TPSA) is 114 Å². The third-order valence-electron chi connectivity index (χ3n) is 6.84. The first-order valence-electron chi connectivity index (χ1n) is 11.8. The first-order valence-corrected chi connectivity index (χ1v) is 14.0. The van der Waals surface area contributed by atoms with E-state index in [9.17, 15) is 18.0 Å². The van der Waals surface area contributed by atoms with Crippen LogP contribution in [0.25, 0.3) is 0 Å². The average Bonchev–Trinajstić information content (AvgIpc) is 3.16. The van der Waals surface area contributed by atoms with Gasteiger partial charge in [-0.05, 0) is 62.4 Å². The monoisotopic (exact) mass is 505 g/mol. The van der Waals surface area contributed by atoms with Crippen LogP contribution in [0.1, 0.15) is 64.8 Å². The summed E-state index contributed by atoms with van der Waals surface area (Å²) < 4.78 is 27.5. The molecule has 2 aromatic rings. The summed E-state index contributed by atoms with van der Waals surface area (Å²) in [4.78, 5) is 27.9. The first kappa shape index (κ1) is 24.8. The smallest absolute Gasteiger partial charge is 0.256 e. The lowest BCUT2D eigenvalue weighted by Gasteiger charge is -2.30. The number of primary amides is 1. The number of nitrogens with two attached hydrogens (primary N) is 1. The van der Waals surface area contributed by atoms with Crippen LogP contribution in [0.5, 0.6) is 0 Å². The molecule has 1 aromatic carbocycles. The normalized spacial score (nSPS) is 21.3. The molecule has 2 aliphatic heterocycles. The summed E-state index contributed by atoms with van der Waals surface area (Å²) in [5.74, 6) is -0.610. The Morgan fingerprint density at radius 2 is 1.94 bits per heavy atom. The van der Waals surface area contributed by atoms with Gasteiger partial charge in [0.05, 0.1) is 27.9 Å². The number of nitrogens with zero attached hydrogens (tertiary/aromatic N) is 1. The number of nitrogens with one attached hydrogen (secondary N) is 2. The predicted octanol–water partition coefficient (Wildman–Crippen LogP) is 1.87. The summed E-state index contributed by atoms with van der Waals surface area (Å²) in [5.41, 5.74) is 7.34. The van der Waals surface area contributed by atoms with Crippen LogP contribution in [0, 0.1) is 5.92 Å². The molecule has 2 amide bonds. The number of benzene rings is 1. The van der Waals surface area contributed by atoms with Gasteiger partial charge in [-0.15, -0.1) is 11.3 Å². The van der Waals surface area contributed by atoms with Crippen LogP contribution in [-0.4, -0.2) is 50.2 Å². The van der Waals surface area contributed by atoms with Crippen molar-refractivity contribution in [3.05, 3.63) is 45.8 Å². The van der Waals surface area contributed by atoms with Crippen molar-refractivity contribution in [2.24, 2.45) is 11.7 Å². The Morgan fingerprint density at radius 1 is 1.24 bits per heavy atom. The summed E-state index contributed by atoms with van der Waals surface area (Å²) in [5, 5.41) is 3.31. The molecule has 184 valence electrons. The number of quaternary nitrogens is 1. The van der Waals surface area contributed by atoms with E-state index in [1.165, 1.54) is 44.8 Å². The Morgan fingerprint density at radius 3 is 2.56 bits per heavy atom. The van der Waals surface area contributed by atoms with E-state index < -0.39 is 21.8 Å². The minimum absolute atomic E-state index is 0.180. The fourth-order valence-corrected chi connectivity index (χ4v) is 7.71. The SMILES string of the molecule is CC1CCCN(S(=O)(=O)c2ccc(C(=O)Nc3sc4c(c3C(N)=O)CC[NH+](C(C)C)C4)cc2)C1. The standard InChI is InChI=1S/C24H32N4O4S2/c1-15(2)27-12-10-19-20(14-27)33-24(21(19)22(25)29)26-23(30)17-6-8-18(9-7-17)34(31,32)28-11-4-5-16(3)13-28/h6-9,15-16H,4-5,10-14H2,1-3H3,(H2,25,29)(H,26,30)/p+1. The van der Waals surface area contributed by atoms with Gasteiger partial charge in [-0.1, -0.05) is 6.92 Å². The molecule has 1 saturated heterocycles. The van der Waals surface area contributed by atoms with Crippen molar-refractivity contribution >= 4 is 38.2 Å². The van der Waals surface area contributed by atoms with Gasteiger partial charge in [0, 0.05) is 25.1 Å². The van der Waals surface area contributed by atoms with Gasteiger partial charge in [-0.25, -0.2) is 8.42 Å². The maximum Gasteiger partial charge on any atom is 0.256 e. The maximum atomic E-state index is 13.0. The van der Waals surface area contributed by atoms with Gasteiger partial charge in [0.15, 0.2) is 0 Å². The minimum atomic E-state index is -3.59. The molecule has 0 radical (unpaired) electrons. The van der Waals surface area contributed by atoms with Crippen LogP contribution in [0.3, 0.4) is 0 Å². The van der Waals surface area contributed by atoms with Gasteiger partial charge in [0.25, 0.3) is 11.8 Å². The lowest BCUT2D eigenvalue weighted by molar-refractivity contribution is -0.936. The molecule has 0 spiro atoms. The Bertz CT molecular complexity index is 1190. The fourth-order valence-electron chi connectivity index (χ4n) is 4.81. The number of anilines is 1. The lowest BCUT2D eigenvalue weighted by atomic mass is 10.0. The van der Waals surface area contributed by atoms with Gasteiger partial charge in [-0.2, -0.15) is 4.31 Å². The molecule has 0 aliphatic carbocycles. The molecule has 3 heterocycles. The molecule has 0 saturated carbocycles. The van der Waals surface area contributed by atoms with E-state index in [0.717, 1.165) is 42.8 Å². The Kier molecular flexibility index (Phi) is 7.14. The van der Waals surface area contributed by atoms with Gasteiger partial charge in [0.1, 0.15) is 11.5 Å². The van der Waals surface area contributed by atoms with E-state index in [-0.39, 0.29) is 4.90 Å². The maximum absolute atomic E-state index is 13.0. The molecular formula is C24H33N4O4S2+. The van der Waals surface area contributed by atoms with Crippen molar-refractivity contribution in [1.82, 2.24) is 4.31 Å². The number of fused-ring (bicyclic) bond motifs is 1. The third-order valence-corrected chi connectivity index (χ3v) is 9.87. The largest absolute Gasteiger partial charge is 0.365 e. The van der Waals surface area contributed by atoms with Crippen molar-refractivity contribution < 1.29 is 22.9 Å². The zero-order valence-electron chi connectivity index (χ0n) is 19.9. The number of rotatable bonds is 6. The van der Waals surface area contributed by atoms with Crippen molar-refractivity contribution in [3.63, 3.8) is 0 Å². The van der Waals surface area contributed by atoms with Gasteiger partial charge < -0.3 is 16.0 Å². The summed E-state index contributed by atoms with van der Waals surface area (Å²) in [6.07, 6.45) is 2.63. The van der Waals surface area contributed by atoms with Crippen LogP contribution in [0.15, 0.2) is 29.2 Å².